The first-order valence-corrected chi connectivity index (χ1v) is 8.18. The molecule has 0 amide bonds. The zero-order valence-electron chi connectivity index (χ0n) is 11.4. The highest BCUT2D eigenvalue weighted by Crippen LogP contribution is 2.27. The third-order valence-electron chi connectivity index (χ3n) is 3.19. The van der Waals surface area contributed by atoms with Gasteiger partial charge in [0.15, 0.2) is 0 Å². The third kappa shape index (κ3) is 3.71. The van der Waals surface area contributed by atoms with Gasteiger partial charge in [-0.05, 0) is 29.9 Å². The fourth-order valence-electron chi connectivity index (χ4n) is 2.10. The summed E-state index contributed by atoms with van der Waals surface area (Å²) in [4.78, 5) is 1.38. The van der Waals surface area contributed by atoms with Crippen LogP contribution in [0.2, 0.25) is 0 Å². The summed E-state index contributed by atoms with van der Waals surface area (Å²) in [6.07, 6.45) is 2.82. The second-order valence-corrected chi connectivity index (χ2v) is 6.21. The first kappa shape index (κ1) is 14.3. The van der Waals surface area contributed by atoms with Crippen molar-refractivity contribution in [2.24, 2.45) is 0 Å². The fraction of sp³-hybridized carbons (Fsp3) is 0.250. The lowest BCUT2D eigenvalue weighted by molar-refractivity contribution is 0.449. The Labute approximate surface area is 132 Å². The minimum absolute atomic E-state index is 0.384. The lowest BCUT2D eigenvalue weighted by atomic mass is 10.1. The molecule has 0 bridgehead atoms. The molecule has 3 nitrogen and oxygen atoms in total. The van der Waals surface area contributed by atoms with Crippen molar-refractivity contribution in [1.82, 2.24) is 10.2 Å². The predicted molar refractivity (Wildman–Crippen MR) is 84.8 cm³/mol. The average molecular weight is 319 g/mol. The van der Waals surface area contributed by atoms with Gasteiger partial charge in [-0.3, -0.25) is 0 Å². The summed E-state index contributed by atoms with van der Waals surface area (Å²) < 4.78 is 5.67. The van der Waals surface area contributed by atoms with Gasteiger partial charge in [0, 0.05) is 11.3 Å². The van der Waals surface area contributed by atoms with Crippen LogP contribution in [0.3, 0.4) is 0 Å². The van der Waals surface area contributed by atoms with E-state index in [-0.39, 0.29) is 5.38 Å². The molecule has 1 unspecified atom stereocenters. The van der Waals surface area contributed by atoms with E-state index >= 15 is 0 Å². The van der Waals surface area contributed by atoms with Gasteiger partial charge in [0.25, 0.3) is 0 Å². The SMILES string of the molecule is ClC(c1ccccc1)c1nnc(CCCc2cccs2)o1. The lowest BCUT2D eigenvalue weighted by Gasteiger charge is -2.03. The van der Waals surface area contributed by atoms with Gasteiger partial charge in [-0.25, -0.2) is 0 Å². The molecular weight excluding hydrogens is 304 g/mol. The van der Waals surface area contributed by atoms with Gasteiger partial charge in [-0.2, -0.15) is 0 Å². The van der Waals surface area contributed by atoms with Crippen molar-refractivity contribution < 1.29 is 4.42 Å². The molecule has 0 aliphatic carbocycles. The number of hydrogen-bond donors (Lipinski definition) is 0. The Morgan fingerprint density at radius 2 is 1.90 bits per heavy atom. The number of aryl methyl sites for hydroxylation is 2. The molecule has 2 heterocycles. The van der Waals surface area contributed by atoms with Crippen LogP contribution >= 0.6 is 22.9 Å². The summed E-state index contributed by atoms with van der Waals surface area (Å²) in [5, 5.41) is 9.86. The van der Waals surface area contributed by atoms with E-state index in [2.05, 4.69) is 27.7 Å². The van der Waals surface area contributed by atoms with E-state index in [4.69, 9.17) is 16.0 Å². The second-order valence-electron chi connectivity index (χ2n) is 4.74. The van der Waals surface area contributed by atoms with Gasteiger partial charge in [0.2, 0.25) is 11.8 Å². The van der Waals surface area contributed by atoms with Crippen LogP contribution in [0.15, 0.2) is 52.3 Å². The van der Waals surface area contributed by atoms with Crippen LogP contribution in [0.1, 0.15) is 34.0 Å². The van der Waals surface area contributed by atoms with Gasteiger partial charge < -0.3 is 4.42 Å². The molecule has 0 N–H and O–H groups in total. The van der Waals surface area contributed by atoms with E-state index in [1.807, 2.05) is 30.3 Å². The Kier molecular flexibility index (Phi) is 4.68. The van der Waals surface area contributed by atoms with E-state index in [1.165, 1.54) is 4.88 Å². The number of hydrogen-bond acceptors (Lipinski definition) is 4. The van der Waals surface area contributed by atoms with Gasteiger partial charge >= 0.3 is 0 Å². The molecular formula is C16H15ClN2OS. The van der Waals surface area contributed by atoms with Crippen molar-refractivity contribution in [2.75, 3.05) is 0 Å². The first-order valence-electron chi connectivity index (χ1n) is 6.86. The number of halogens is 1. The molecule has 0 saturated heterocycles. The Balaban J connectivity index is 1.58. The van der Waals surface area contributed by atoms with Gasteiger partial charge in [0.05, 0.1) is 0 Å². The van der Waals surface area contributed by atoms with Crippen LogP contribution in [-0.4, -0.2) is 10.2 Å². The topological polar surface area (TPSA) is 38.9 Å². The normalized spacial score (nSPS) is 12.4. The number of thiophene rings is 1. The summed E-state index contributed by atoms with van der Waals surface area (Å²) in [5.74, 6) is 1.12. The smallest absolute Gasteiger partial charge is 0.238 e. The first-order chi connectivity index (χ1) is 10.3. The second kappa shape index (κ2) is 6.87. The maximum Gasteiger partial charge on any atom is 0.238 e. The van der Waals surface area contributed by atoms with E-state index in [9.17, 15) is 0 Å². The molecule has 3 rings (SSSR count). The van der Waals surface area contributed by atoms with Crippen molar-refractivity contribution in [3.63, 3.8) is 0 Å². The maximum absolute atomic E-state index is 6.37. The molecule has 0 radical (unpaired) electrons. The van der Waals surface area contributed by atoms with Crippen LogP contribution in [-0.2, 0) is 12.8 Å². The minimum Gasteiger partial charge on any atom is -0.423 e. The highest BCUT2D eigenvalue weighted by atomic mass is 35.5. The number of benzene rings is 1. The van der Waals surface area contributed by atoms with Crippen molar-refractivity contribution in [3.8, 4) is 0 Å². The molecule has 5 heteroatoms. The van der Waals surface area contributed by atoms with Gasteiger partial charge in [0.1, 0.15) is 5.38 Å². The molecule has 0 aliphatic rings. The Hall–Kier alpha value is -1.65. The number of nitrogens with zero attached hydrogens (tertiary/aromatic N) is 2. The minimum atomic E-state index is -0.384. The Bertz CT molecular complexity index is 667. The third-order valence-corrected chi connectivity index (χ3v) is 4.56. The average Bonchev–Trinajstić information content (AvgIpc) is 3.19. The Morgan fingerprint density at radius 3 is 2.67 bits per heavy atom. The van der Waals surface area contributed by atoms with Crippen molar-refractivity contribution in [1.29, 1.82) is 0 Å². The van der Waals surface area contributed by atoms with Crippen molar-refractivity contribution in [2.45, 2.75) is 24.6 Å². The molecule has 0 aliphatic heterocycles. The van der Waals surface area contributed by atoms with E-state index in [1.54, 1.807) is 11.3 Å². The lowest BCUT2D eigenvalue weighted by Crippen LogP contribution is -1.92. The monoisotopic (exact) mass is 318 g/mol. The van der Waals surface area contributed by atoms with Crippen LogP contribution in [0.4, 0.5) is 0 Å². The number of rotatable bonds is 6. The van der Waals surface area contributed by atoms with Crippen LogP contribution < -0.4 is 0 Å². The summed E-state index contributed by atoms with van der Waals surface area (Å²) in [5.41, 5.74) is 0.966. The quantitative estimate of drug-likeness (QED) is 0.622. The molecule has 21 heavy (non-hydrogen) atoms. The van der Waals surface area contributed by atoms with Crippen LogP contribution in [0.5, 0.6) is 0 Å². The van der Waals surface area contributed by atoms with Crippen LogP contribution in [0, 0.1) is 0 Å². The highest BCUT2D eigenvalue weighted by molar-refractivity contribution is 7.09. The fourth-order valence-corrected chi connectivity index (χ4v) is 3.09. The van der Waals surface area contributed by atoms with Gasteiger partial charge in [-0.1, -0.05) is 36.4 Å². The van der Waals surface area contributed by atoms with Crippen molar-refractivity contribution in [3.05, 3.63) is 70.1 Å². The summed E-state index contributed by atoms with van der Waals surface area (Å²) in [6.45, 7) is 0. The molecule has 0 saturated carbocycles. The van der Waals surface area contributed by atoms with E-state index in [0.29, 0.717) is 11.8 Å². The molecule has 1 aromatic carbocycles. The van der Waals surface area contributed by atoms with Gasteiger partial charge in [-0.15, -0.1) is 33.1 Å². The molecule has 0 fully saturated rings. The standard InChI is InChI=1S/C16H15ClN2OS/c17-15(12-6-2-1-3-7-12)16-19-18-14(20-16)10-4-8-13-9-5-11-21-13/h1-3,5-7,9,11,15H,4,8,10H2. The molecule has 3 aromatic rings. The largest absolute Gasteiger partial charge is 0.423 e. The van der Waals surface area contributed by atoms with E-state index < -0.39 is 0 Å². The van der Waals surface area contributed by atoms with Crippen molar-refractivity contribution >= 4 is 22.9 Å². The molecule has 2 aromatic heterocycles. The zero-order valence-corrected chi connectivity index (χ0v) is 13.0. The Morgan fingerprint density at radius 1 is 1.05 bits per heavy atom. The molecule has 0 spiro atoms. The molecule has 1 atom stereocenters. The van der Waals surface area contributed by atoms with Crippen LogP contribution in [0.25, 0.3) is 0 Å². The zero-order chi connectivity index (χ0) is 14.5. The number of aromatic nitrogens is 2. The van der Waals surface area contributed by atoms with E-state index in [0.717, 1.165) is 24.8 Å². The predicted octanol–water partition coefficient (Wildman–Crippen LogP) is 4.63. The maximum atomic E-state index is 6.37. The molecule has 108 valence electrons. The number of alkyl halides is 1. The summed E-state index contributed by atoms with van der Waals surface area (Å²) >= 11 is 8.14. The highest BCUT2D eigenvalue weighted by Gasteiger charge is 2.17. The summed E-state index contributed by atoms with van der Waals surface area (Å²) in [6, 6.07) is 14.0. The summed E-state index contributed by atoms with van der Waals surface area (Å²) in [7, 11) is 0.